The average Bonchev–Trinajstić information content (AvgIpc) is 2.79. The highest BCUT2D eigenvalue weighted by Crippen LogP contribution is 2.35. The molecule has 1 atom stereocenters. The van der Waals surface area contributed by atoms with Gasteiger partial charge in [0.15, 0.2) is 0 Å². The van der Waals surface area contributed by atoms with Crippen molar-refractivity contribution in [2.45, 2.75) is 31.8 Å². The predicted octanol–water partition coefficient (Wildman–Crippen LogP) is 5.21. The Bertz CT molecular complexity index is 951. The lowest BCUT2D eigenvalue weighted by molar-refractivity contribution is -0.0402. The molecule has 0 aromatic heterocycles. The molecule has 0 bridgehead atoms. The van der Waals surface area contributed by atoms with Crippen LogP contribution in [0.1, 0.15) is 41.3 Å². The molecule has 0 aliphatic carbocycles. The summed E-state index contributed by atoms with van der Waals surface area (Å²) < 4.78 is 12.0. The number of benzene rings is 3. The van der Waals surface area contributed by atoms with Gasteiger partial charge in [-0.2, -0.15) is 0 Å². The van der Waals surface area contributed by atoms with E-state index in [0.717, 1.165) is 17.5 Å². The predicted molar refractivity (Wildman–Crippen MR) is 119 cm³/mol. The molecule has 0 fully saturated rings. The SMILES string of the molecule is CCCOCCC(Cc1ccc(O)cc1)(OC(=O)c1ccc(O)cc1)c1ccccc1. The van der Waals surface area contributed by atoms with E-state index in [2.05, 4.69) is 0 Å². The van der Waals surface area contributed by atoms with Crippen molar-refractivity contribution in [2.75, 3.05) is 13.2 Å². The van der Waals surface area contributed by atoms with Gasteiger partial charge in [-0.05, 0) is 53.9 Å². The quantitative estimate of drug-likeness (QED) is 0.348. The molecule has 0 aliphatic heterocycles. The highest BCUT2D eigenvalue weighted by molar-refractivity contribution is 5.90. The Kier molecular flexibility index (Phi) is 7.68. The average molecular weight is 421 g/mol. The summed E-state index contributed by atoms with van der Waals surface area (Å²) in [5.74, 6) is -0.206. The maximum absolute atomic E-state index is 13.1. The van der Waals surface area contributed by atoms with Gasteiger partial charge in [-0.25, -0.2) is 4.79 Å². The first kappa shape index (κ1) is 22.4. The molecule has 2 N–H and O–H groups in total. The maximum atomic E-state index is 13.1. The number of rotatable bonds is 10. The third-order valence-electron chi connectivity index (χ3n) is 5.12. The van der Waals surface area contributed by atoms with Crippen LogP contribution in [0.4, 0.5) is 0 Å². The molecular formula is C26H28O5. The zero-order chi connectivity index (χ0) is 22.1. The number of ether oxygens (including phenoxy) is 2. The van der Waals surface area contributed by atoms with Gasteiger partial charge in [-0.1, -0.05) is 49.4 Å². The second-order valence-corrected chi connectivity index (χ2v) is 7.50. The monoisotopic (exact) mass is 420 g/mol. The number of aromatic hydroxyl groups is 2. The van der Waals surface area contributed by atoms with Crippen molar-refractivity contribution < 1.29 is 24.5 Å². The van der Waals surface area contributed by atoms with E-state index in [-0.39, 0.29) is 11.5 Å². The van der Waals surface area contributed by atoms with Gasteiger partial charge in [0, 0.05) is 19.4 Å². The molecule has 0 saturated heterocycles. The Labute approximate surface area is 182 Å². The lowest BCUT2D eigenvalue weighted by atomic mass is 9.84. The van der Waals surface area contributed by atoms with Crippen LogP contribution < -0.4 is 0 Å². The highest BCUT2D eigenvalue weighted by Gasteiger charge is 2.37. The van der Waals surface area contributed by atoms with Crippen LogP contribution in [-0.2, 0) is 21.5 Å². The molecule has 3 aromatic carbocycles. The molecule has 3 aromatic rings. The van der Waals surface area contributed by atoms with Crippen molar-refractivity contribution >= 4 is 5.97 Å². The number of hydrogen-bond donors (Lipinski definition) is 2. The fraction of sp³-hybridized carbons (Fsp3) is 0.269. The highest BCUT2D eigenvalue weighted by atomic mass is 16.6. The molecule has 0 heterocycles. The molecule has 162 valence electrons. The molecule has 1 unspecified atom stereocenters. The first-order chi connectivity index (χ1) is 15.0. The Morgan fingerprint density at radius 3 is 2.06 bits per heavy atom. The molecular weight excluding hydrogens is 392 g/mol. The minimum Gasteiger partial charge on any atom is -0.508 e. The molecule has 0 amide bonds. The number of carbonyl (C=O) groups excluding carboxylic acids is 1. The van der Waals surface area contributed by atoms with Crippen LogP contribution in [0, 0.1) is 0 Å². The molecule has 0 aliphatic rings. The summed E-state index contributed by atoms with van der Waals surface area (Å²) in [6.45, 7) is 3.12. The minimum atomic E-state index is -0.957. The smallest absolute Gasteiger partial charge is 0.339 e. The van der Waals surface area contributed by atoms with E-state index in [1.807, 2.05) is 49.4 Å². The van der Waals surface area contributed by atoms with Crippen LogP contribution >= 0.6 is 0 Å². The van der Waals surface area contributed by atoms with Gasteiger partial charge in [0.05, 0.1) is 12.2 Å². The third-order valence-corrected chi connectivity index (χ3v) is 5.12. The summed E-state index contributed by atoms with van der Waals surface area (Å²) in [5, 5.41) is 19.2. The normalized spacial score (nSPS) is 12.8. The number of hydrogen-bond acceptors (Lipinski definition) is 5. The largest absolute Gasteiger partial charge is 0.508 e. The zero-order valence-electron chi connectivity index (χ0n) is 17.7. The van der Waals surface area contributed by atoms with Crippen LogP contribution in [0.2, 0.25) is 0 Å². The summed E-state index contributed by atoms with van der Waals surface area (Å²) in [5.41, 5.74) is 1.20. The van der Waals surface area contributed by atoms with Gasteiger partial charge in [-0.3, -0.25) is 0 Å². The van der Waals surface area contributed by atoms with Gasteiger partial charge in [-0.15, -0.1) is 0 Å². The van der Waals surface area contributed by atoms with Gasteiger partial charge in [0.1, 0.15) is 17.1 Å². The second-order valence-electron chi connectivity index (χ2n) is 7.50. The van der Waals surface area contributed by atoms with E-state index in [9.17, 15) is 15.0 Å². The van der Waals surface area contributed by atoms with Crippen molar-refractivity contribution in [2.24, 2.45) is 0 Å². The van der Waals surface area contributed by atoms with Gasteiger partial charge < -0.3 is 19.7 Å². The van der Waals surface area contributed by atoms with Crippen LogP contribution in [-0.4, -0.2) is 29.4 Å². The first-order valence-corrected chi connectivity index (χ1v) is 10.5. The Hall–Kier alpha value is -3.31. The van der Waals surface area contributed by atoms with Gasteiger partial charge in [0.25, 0.3) is 0 Å². The third kappa shape index (κ3) is 6.09. The fourth-order valence-corrected chi connectivity index (χ4v) is 3.48. The van der Waals surface area contributed by atoms with Crippen molar-refractivity contribution in [3.8, 4) is 11.5 Å². The van der Waals surface area contributed by atoms with Crippen LogP contribution in [0.15, 0.2) is 78.9 Å². The molecule has 5 heteroatoms. The van der Waals surface area contributed by atoms with E-state index in [1.165, 1.54) is 12.1 Å². The second kappa shape index (κ2) is 10.6. The van der Waals surface area contributed by atoms with E-state index in [4.69, 9.17) is 9.47 Å². The van der Waals surface area contributed by atoms with Crippen molar-refractivity contribution in [1.82, 2.24) is 0 Å². The number of esters is 1. The van der Waals surface area contributed by atoms with Gasteiger partial charge >= 0.3 is 5.97 Å². The van der Waals surface area contributed by atoms with Crippen molar-refractivity contribution in [1.29, 1.82) is 0 Å². The number of carbonyl (C=O) groups is 1. The Balaban J connectivity index is 1.98. The Morgan fingerprint density at radius 1 is 0.839 bits per heavy atom. The summed E-state index contributed by atoms with van der Waals surface area (Å²) in [7, 11) is 0. The number of phenolic OH excluding ortho intramolecular Hbond substituents is 2. The van der Waals surface area contributed by atoms with Crippen LogP contribution in [0.3, 0.4) is 0 Å². The molecule has 31 heavy (non-hydrogen) atoms. The van der Waals surface area contributed by atoms with Crippen LogP contribution in [0.25, 0.3) is 0 Å². The summed E-state index contributed by atoms with van der Waals surface area (Å²) >= 11 is 0. The molecule has 3 rings (SSSR count). The van der Waals surface area contributed by atoms with Gasteiger partial charge in [0.2, 0.25) is 0 Å². The minimum absolute atomic E-state index is 0.0860. The van der Waals surface area contributed by atoms with E-state index in [0.29, 0.717) is 31.6 Å². The zero-order valence-corrected chi connectivity index (χ0v) is 17.7. The Morgan fingerprint density at radius 2 is 1.45 bits per heavy atom. The van der Waals surface area contributed by atoms with E-state index >= 15 is 0 Å². The fourth-order valence-electron chi connectivity index (χ4n) is 3.48. The summed E-state index contributed by atoms with van der Waals surface area (Å²) in [6.07, 6.45) is 1.81. The topological polar surface area (TPSA) is 76.0 Å². The molecule has 0 radical (unpaired) electrons. The number of phenols is 2. The van der Waals surface area contributed by atoms with Crippen molar-refractivity contribution in [3.63, 3.8) is 0 Å². The molecule has 5 nitrogen and oxygen atoms in total. The van der Waals surface area contributed by atoms with Crippen molar-refractivity contribution in [3.05, 3.63) is 95.6 Å². The summed E-state index contributed by atoms with van der Waals surface area (Å²) in [4.78, 5) is 13.1. The standard InChI is InChI=1S/C26H28O5/c1-2-17-30-18-16-26(22-6-4-3-5-7-22,19-20-8-12-23(27)13-9-20)31-25(29)21-10-14-24(28)15-11-21/h3-15,27-28H,2,16-19H2,1H3. The summed E-state index contributed by atoms with van der Waals surface area (Å²) in [6, 6.07) is 22.6. The van der Waals surface area contributed by atoms with E-state index < -0.39 is 11.6 Å². The lowest BCUT2D eigenvalue weighted by Crippen LogP contribution is -2.36. The lowest BCUT2D eigenvalue weighted by Gasteiger charge is -2.34. The first-order valence-electron chi connectivity index (χ1n) is 10.5. The van der Waals surface area contributed by atoms with Crippen LogP contribution in [0.5, 0.6) is 11.5 Å². The van der Waals surface area contributed by atoms with E-state index in [1.54, 1.807) is 24.3 Å². The maximum Gasteiger partial charge on any atom is 0.339 e. The molecule has 0 saturated carbocycles. The molecule has 0 spiro atoms.